The summed E-state index contributed by atoms with van der Waals surface area (Å²) in [7, 11) is 0. The molecule has 94 valence electrons. The van der Waals surface area contributed by atoms with E-state index in [2.05, 4.69) is 6.92 Å². The van der Waals surface area contributed by atoms with Gasteiger partial charge in [0.2, 0.25) is 0 Å². The maximum atomic E-state index is 12.9. The Hall–Kier alpha value is -1.22. The second kappa shape index (κ2) is 4.81. The zero-order valence-corrected chi connectivity index (χ0v) is 11.3. The van der Waals surface area contributed by atoms with Gasteiger partial charge >= 0.3 is 0 Å². The lowest BCUT2D eigenvalue weighted by atomic mass is 9.90. The fourth-order valence-corrected chi connectivity index (χ4v) is 3.95. The molecule has 0 bridgehead atoms. The number of fused-ring (bicyclic) bond motifs is 1. The second-order valence-corrected chi connectivity index (χ2v) is 5.86. The van der Waals surface area contributed by atoms with Crippen LogP contribution in [-0.4, -0.2) is 4.98 Å². The summed E-state index contributed by atoms with van der Waals surface area (Å²) < 4.78 is 12.9. The van der Waals surface area contributed by atoms with Gasteiger partial charge in [-0.1, -0.05) is 6.92 Å². The highest BCUT2D eigenvalue weighted by Crippen LogP contribution is 2.40. The van der Waals surface area contributed by atoms with Crippen LogP contribution < -0.4 is 0 Å². The van der Waals surface area contributed by atoms with Crippen LogP contribution in [0.2, 0.25) is 0 Å². The molecule has 3 heteroatoms. The van der Waals surface area contributed by atoms with Gasteiger partial charge in [0.25, 0.3) is 0 Å². The molecule has 18 heavy (non-hydrogen) atoms. The largest absolute Gasteiger partial charge is 0.241 e. The Balaban J connectivity index is 1.99. The summed E-state index contributed by atoms with van der Waals surface area (Å²) >= 11 is 1.79. The normalized spacial score (nSPS) is 18.7. The van der Waals surface area contributed by atoms with E-state index < -0.39 is 0 Å². The SMILES string of the molecule is CCC1CCCc2nc(-c3ccc(F)cc3)sc21. The lowest BCUT2D eigenvalue weighted by molar-refractivity contribution is 0.544. The highest BCUT2D eigenvalue weighted by molar-refractivity contribution is 7.15. The molecule has 0 spiro atoms. The molecule has 0 aliphatic heterocycles. The number of aryl methyl sites for hydroxylation is 1. The van der Waals surface area contributed by atoms with Crippen molar-refractivity contribution in [3.05, 3.63) is 40.7 Å². The maximum absolute atomic E-state index is 12.9. The van der Waals surface area contributed by atoms with Crippen LogP contribution in [0.3, 0.4) is 0 Å². The molecule has 1 nitrogen and oxygen atoms in total. The summed E-state index contributed by atoms with van der Waals surface area (Å²) in [5.74, 6) is 0.493. The Morgan fingerprint density at radius 1 is 1.33 bits per heavy atom. The predicted molar refractivity (Wildman–Crippen MR) is 73.5 cm³/mol. The highest BCUT2D eigenvalue weighted by atomic mass is 32.1. The number of aromatic nitrogens is 1. The fourth-order valence-electron chi connectivity index (χ4n) is 2.61. The first-order valence-electron chi connectivity index (χ1n) is 6.53. The molecule has 0 saturated carbocycles. The van der Waals surface area contributed by atoms with E-state index in [9.17, 15) is 4.39 Å². The number of benzene rings is 1. The van der Waals surface area contributed by atoms with Crippen LogP contribution in [-0.2, 0) is 6.42 Å². The molecule has 1 aliphatic carbocycles. The molecule has 1 aromatic carbocycles. The average Bonchev–Trinajstić information content (AvgIpc) is 2.83. The third-order valence-electron chi connectivity index (χ3n) is 3.65. The van der Waals surface area contributed by atoms with Crippen molar-refractivity contribution in [2.45, 2.75) is 38.5 Å². The molecule has 3 rings (SSSR count). The van der Waals surface area contributed by atoms with Gasteiger partial charge in [-0.2, -0.15) is 0 Å². The standard InChI is InChI=1S/C15H16FNS/c1-2-10-4-3-5-13-14(10)18-15(17-13)11-6-8-12(16)9-7-11/h6-10H,2-5H2,1H3. The molecule has 0 saturated heterocycles. The third kappa shape index (κ3) is 2.07. The molecular formula is C15H16FNS. The minimum absolute atomic E-state index is 0.188. The maximum Gasteiger partial charge on any atom is 0.123 e. The van der Waals surface area contributed by atoms with Crippen molar-refractivity contribution in [3.63, 3.8) is 0 Å². The minimum Gasteiger partial charge on any atom is -0.241 e. The predicted octanol–water partition coefficient (Wildman–Crippen LogP) is 4.78. The van der Waals surface area contributed by atoms with Crippen molar-refractivity contribution in [3.8, 4) is 10.6 Å². The number of hydrogen-bond acceptors (Lipinski definition) is 2. The Bertz CT molecular complexity index is 544. The molecule has 1 unspecified atom stereocenters. The van der Waals surface area contributed by atoms with E-state index in [0.717, 1.165) is 17.0 Å². The molecule has 1 heterocycles. The number of rotatable bonds is 2. The van der Waals surface area contributed by atoms with E-state index in [4.69, 9.17) is 4.98 Å². The quantitative estimate of drug-likeness (QED) is 0.758. The van der Waals surface area contributed by atoms with Gasteiger partial charge in [-0.25, -0.2) is 9.37 Å². The van der Waals surface area contributed by atoms with Crippen LogP contribution in [0.4, 0.5) is 4.39 Å². The highest BCUT2D eigenvalue weighted by Gasteiger charge is 2.23. The topological polar surface area (TPSA) is 12.9 Å². The van der Waals surface area contributed by atoms with Crippen molar-refractivity contribution in [2.75, 3.05) is 0 Å². The lowest BCUT2D eigenvalue weighted by Crippen LogP contribution is -2.06. The molecule has 2 aromatic rings. The average molecular weight is 261 g/mol. The van der Waals surface area contributed by atoms with Crippen molar-refractivity contribution in [2.24, 2.45) is 0 Å². The van der Waals surface area contributed by atoms with Gasteiger partial charge in [0.15, 0.2) is 0 Å². The fraction of sp³-hybridized carbons (Fsp3) is 0.400. The first-order valence-corrected chi connectivity index (χ1v) is 7.35. The van der Waals surface area contributed by atoms with Crippen molar-refractivity contribution in [1.29, 1.82) is 0 Å². The molecule has 1 atom stereocenters. The van der Waals surface area contributed by atoms with Crippen molar-refractivity contribution in [1.82, 2.24) is 4.98 Å². The van der Waals surface area contributed by atoms with Gasteiger partial charge in [0.05, 0.1) is 5.69 Å². The molecule has 0 amide bonds. The van der Waals surface area contributed by atoms with E-state index in [1.165, 1.54) is 42.0 Å². The molecule has 1 aromatic heterocycles. The van der Waals surface area contributed by atoms with E-state index in [-0.39, 0.29) is 5.82 Å². The van der Waals surface area contributed by atoms with E-state index in [0.29, 0.717) is 5.92 Å². The number of nitrogens with zero attached hydrogens (tertiary/aromatic N) is 1. The first-order chi connectivity index (χ1) is 8.78. The minimum atomic E-state index is -0.188. The Kier molecular flexibility index (Phi) is 3.16. The van der Waals surface area contributed by atoms with Crippen molar-refractivity contribution >= 4 is 11.3 Å². The zero-order chi connectivity index (χ0) is 12.5. The van der Waals surface area contributed by atoms with Crippen LogP contribution in [0.15, 0.2) is 24.3 Å². The van der Waals surface area contributed by atoms with E-state index >= 15 is 0 Å². The van der Waals surface area contributed by atoms with Crippen LogP contribution in [0.1, 0.15) is 42.7 Å². The van der Waals surface area contributed by atoms with Gasteiger partial charge < -0.3 is 0 Å². The molecule has 0 N–H and O–H groups in total. The van der Waals surface area contributed by atoms with Crippen LogP contribution in [0.5, 0.6) is 0 Å². The Morgan fingerprint density at radius 3 is 2.83 bits per heavy atom. The summed E-state index contributed by atoms with van der Waals surface area (Å²) in [6.07, 6.45) is 4.83. The van der Waals surface area contributed by atoms with Crippen LogP contribution >= 0.6 is 11.3 Å². The van der Waals surface area contributed by atoms with Crippen LogP contribution in [0.25, 0.3) is 10.6 Å². The molecule has 0 radical (unpaired) electrons. The molecule has 0 fully saturated rings. The van der Waals surface area contributed by atoms with E-state index in [1.807, 2.05) is 12.1 Å². The van der Waals surface area contributed by atoms with Crippen LogP contribution in [0, 0.1) is 5.82 Å². The zero-order valence-electron chi connectivity index (χ0n) is 10.4. The van der Waals surface area contributed by atoms with Gasteiger partial charge in [-0.05, 0) is 55.9 Å². The first kappa shape index (κ1) is 11.8. The van der Waals surface area contributed by atoms with Gasteiger partial charge in [-0.3, -0.25) is 0 Å². The Labute approximate surface area is 111 Å². The third-order valence-corrected chi connectivity index (χ3v) is 4.96. The Morgan fingerprint density at radius 2 is 2.11 bits per heavy atom. The monoisotopic (exact) mass is 261 g/mol. The van der Waals surface area contributed by atoms with Gasteiger partial charge in [0.1, 0.15) is 10.8 Å². The number of hydrogen-bond donors (Lipinski definition) is 0. The number of thiazole rings is 1. The van der Waals surface area contributed by atoms with Crippen molar-refractivity contribution < 1.29 is 4.39 Å². The summed E-state index contributed by atoms with van der Waals surface area (Å²) in [4.78, 5) is 6.21. The summed E-state index contributed by atoms with van der Waals surface area (Å²) in [5, 5.41) is 1.04. The lowest BCUT2D eigenvalue weighted by Gasteiger charge is -2.18. The van der Waals surface area contributed by atoms with Gasteiger partial charge in [0, 0.05) is 10.4 Å². The molecule has 1 aliphatic rings. The number of halogens is 1. The molecular weight excluding hydrogens is 245 g/mol. The van der Waals surface area contributed by atoms with E-state index in [1.54, 1.807) is 11.3 Å². The van der Waals surface area contributed by atoms with Gasteiger partial charge in [-0.15, -0.1) is 11.3 Å². The summed E-state index contributed by atoms with van der Waals surface area (Å²) in [6, 6.07) is 6.65. The second-order valence-electron chi connectivity index (χ2n) is 4.83. The summed E-state index contributed by atoms with van der Waals surface area (Å²) in [5.41, 5.74) is 2.31. The smallest absolute Gasteiger partial charge is 0.123 e. The summed E-state index contributed by atoms with van der Waals surface area (Å²) in [6.45, 7) is 2.25.